The first-order chi connectivity index (χ1) is 9.08. The van der Waals surface area contributed by atoms with Gasteiger partial charge in [-0.1, -0.05) is 17.7 Å². The molecule has 2 unspecified atom stereocenters. The Morgan fingerprint density at radius 2 is 2.21 bits per heavy atom. The quantitative estimate of drug-likeness (QED) is 0.922. The van der Waals surface area contributed by atoms with Gasteiger partial charge in [0, 0.05) is 19.0 Å². The maximum atomic E-state index is 11.8. The summed E-state index contributed by atoms with van der Waals surface area (Å²) in [6.07, 6.45) is 0.392. The second-order valence-electron chi connectivity index (χ2n) is 4.62. The highest BCUT2D eigenvalue weighted by Crippen LogP contribution is 2.35. The van der Waals surface area contributed by atoms with Gasteiger partial charge in [0.2, 0.25) is 5.91 Å². The summed E-state index contributed by atoms with van der Waals surface area (Å²) in [6.45, 7) is 5.09. The van der Waals surface area contributed by atoms with Crippen molar-refractivity contribution in [1.29, 1.82) is 0 Å². The monoisotopic (exact) mass is 282 g/mol. The van der Waals surface area contributed by atoms with E-state index in [-0.39, 0.29) is 18.0 Å². The third-order valence-corrected chi connectivity index (χ3v) is 3.71. The van der Waals surface area contributed by atoms with Crippen molar-refractivity contribution in [3.05, 3.63) is 28.8 Å². The van der Waals surface area contributed by atoms with Gasteiger partial charge in [-0.2, -0.15) is 0 Å². The lowest BCUT2D eigenvalue weighted by Crippen LogP contribution is -2.32. The largest absolute Gasteiger partial charge is 0.492 e. The van der Waals surface area contributed by atoms with Crippen LogP contribution in [0.3, 0.4) is 0 Å². The number of rotatable bonds is 4. The van der Waals surface area contributed by atoms with Crippen molar-refractivity contribution in [3.63, 3.8) is 0 Å². The number of benzene rings is 1. The van der Waals surface area contributed by atoms with Crippen molar-refractivity contribution in [2.45, 2.75) is 32.4 Å². The summed E-state index contributed by atoms with van der Waals surface area (Å²) in [7, 11) is 0. The molecule has 1 aromatic carbocycles. The summed E-state index contributed by atoms with van der Waals surface area (Å²) >= 11 is 6.19. The Labute approximate surface area is 118 Å². The molecule has 5 heteroatoms. The number of hydrogen-bond donors (Lipinski definition) is 1. The third kappa shape index (κ3) is 2.69. The van der Waals surface area contributed by atoms with E-state index in [1.165, 1.54) is 0 Å². The number of hydrogen-bond acceptors (Lipinski definition) is 3. The van der Waals surface area contributed by atoms with Gasteiger partial charge >= 0.3 is 0 Å². The summed E-state index contributed by atoms with van der Waals surface area (Å²) in [5.74, 6) is 0.763. The van der Waals surface area contributed by atoms with Crippen LogP contribution < -0.4 is 10.5 Å². The van der Waals surface area contributed by atoms with Crippen molar-refractivity contribution in [2.24, 2.45) is 5.73 Å². The Kier molecular flexibility index (Phi) is 4.32. The lowest BCUT2D eigenvalue weighted by atomic mass is 10.0. The van der Waals surface area contributed by atoms with Gasteiger partial charge in [-0.3, -0.25) is 4.79 Å². The zero-order valence-corrected chi connectivity index (χ0v) is 12.0. The third-order valence-electron chi connectivity index (χ3n) is 3.41. The Balaban J connectivity index is 2.30. The number of ether oxygens (including phenoxy) is 1. The van der Waals surface area contributed by atoms with E-state index < -0.39 is 0 Å². The van der Waals surface area contributed by atoms with Crippen LogP contribution in [-0.2, 0) is 4.79 Å². The molecular formula is C14H19ClN2O2. The molecule has 0 radical (unpaired) electrons. The predicted octanol–water partition coefficient (Wildman–Crippen LogP) is 2.36. The summed E-state index contributed by atoms with van der Waals surface area (Å²) in [5.41, 5.74) is 7.04. The van der Waals surface area contributed by atoms with Gasteiger partial charge in [0.05, 0.1) is 17.7 Å². The van der Waals surface area contributed by atoms with Crippen LogP contribution in [0, 0.1) is 0 Å². The van der Waals surface area contributed by atoms with Crippen LogP contribution in [0.2, 0.25) is 5.02 Å². The van der Waals surface area contributed by atoms with Crippen LogP contribution in [-0.4, -0.2) is 30.0 Å². The van der Waals surface area contributed by atoms with Crippen molar-refractivity contribution in [3.8, 4) is 5.75 Å². The smallest absolute Gasteiger partial charge is 0.224 e. The SMILES string of the molecule is CCOc1ccc(C2C(N)CC(=O)N2CC)cc1Cl. The molecule has 1 amide bonds. The first kappa shape index (κ1) is 14.2. The molecule has 1 heterocycles. The number of halogens is 1. The number of likely N-dealkylation sites (tertiary alicyclic amines) is 1. The molecule has 1 aliphatic heterocycles. The molecule has 19 heavy (non-hydrogen) atoms. The minimum atomic E-state index is -0.179. The van der Waals surface area contributed by atoms with Crippen LogP contribution >= 0.6 is 11.6 Å². The standard InChI is InChI=1S/C14H19ClN2O2/c1-3-17-13(18)8-11(16)14(17)9-5-6-12(19-4-2)10(15)7-9/h5-7,11,14H,3-4,8,16H2,1-2H3. The fourth-order valence-corrected chi connectivity index (χ4v) is 2.83. The van der Waals surface area contributed by atoms with E-state index >= 15 is 0 Å². The highest BCUT2D eigenvalue weighted by atomic mass is 35.5. The van der Waals surface area contributed by atoms with E-state index in [1.54, 1.807) is 4.90 Å². The minimum absolute atomic E-state index is 0.0920. The van der Waals surface area contributed by atoms with Gasteiger partial charge in [0.25, 0.3) is 0 Å². The second kappa shape index (κ2) is 5.80. The predicted molar refractivity (Wildman–Crippen MR) is 75.3 cm³/mol. The molecule has 104 valence electrons. The van der Waals surface area contributed by atoms with E-state index in [4.69, 9.17) is 22.1 Å². The van der Waals surface area contributed by atoms with Crippen molar-refractivity contribution < 1.29 is 9.53 Å². The Bertz CT molecular complexity index is 479. The molecule has 1 fully saturated rings. The van der Waals surface area contributed by atoms with E-state index in [2.05, 4.69) is 0 Å². The summed E-state index contributed by atoms with van der Waals surface area (Å²) < 4.78 is 5.41. The number of likely N-dealkylation sites (N-methyl/N-ethyl adjacent to an activating group) is 1. The first-order valence-electron chi connectivity index (χ1n) is 6.55. The number of carbonyl (C=O) groups is 1. The highest BCUT2D eigenvalue weighted by molar-refractivity contribution is 6.32. The zero-order valence-electron chi connectivity index (χ0n) is 11.2. The molecular weight excluding hydrogens is 264 g/mol. The van der Waals surface area contributed by atoms with E-state index in [0.29, 0.717) is 30.3 Å². The van der Waals surface area contributed by atoms with Gasteiger partial charge in [0.15, 0.2) is 0 Å². The highest BCUT2D eigenvalue weighted by Gasteiger charge is 2.37. The molecule has 1 aromatic rings. The van der Waals surface area contributed by atoms with Crippen molar-refractivity contribution in [2.75, 3.05) is 13.2 Å². The van der Waals surface area contributed by atoms with Crippen molar-refractivity contribution in [1.82, 2.24) is 4.90 Å². The zero-order chi connectivity index (χ0) is 14.0. The summed E-state index contributed by atoms with van der Waals surface area (Å²) in [5, 5.41) is 0.557. The van der Waals surface area contributed by atoms with E-state index in [9.17, 15) is 4.79 Å². The fourth-order valence-electron chi connectivity index (χ4n) is 2.59. The van der Waals surface area contributed by atoms with Crippen LogP contribution in [0.15, 0.2) is 18.2 Å². The van der Waals surface area contributed by atoms with Gasteiger partial charge in [0.1, 0.15) is 5.75 Å². The molecule has 0 aliphatic carbocycles. The van der Waals surface area contributed by atoms with Crippen LogP contribution in [0.25, 0.3) is 0 Å². The summed E-state index contributed by atoms with van der Waals surface area (Å²) in [6, 6.07) is 5.35. The van der Waals surface area contributed by atoms with Gasteiger partial charge in [-0.25, -0.2) is 0 Å². The normalized spacial score (nSPS) is 22.9. The van der Waals surface area contributed by atoms with Crippen LogP contribution in [0.4, 0.5) is 0 Å². The Hall–Kier alpha value is -1.26. The first-order valence-corrected chi connectivity index (χ1v) is 6.93. The topological polar surface area (TPSA) is 55.6 Å². The lowest BCUT2D eigenvalue weighted by molar-refractivity contribution is -0.128. The molecule has 1 aliphatic rings. The van der Waals surface area contributed by atoms with Crippen molar-refractivity contribution >= 4 is 17.5 Å². The molecule has 2 rings (SSSR count). The maximum Gasteiger partial charge on any atom is 0.224 e. The number of amides is 1. The van der Waals surface area contributed by atoms with Crippen LogP contribution in [0.5, 0.6) is 5.75 Å². The molecule has 2 atom stereocenters. The average Bonchev–Trinajstić information content (AvgIpc) is 2.66. The minimum Gasteiger partial charge on any atom is -0.492 e. The molecule has 0 spiro atoms. The lowest BCUT2D eigenvalue weighted by Gasteiger charge is -2.26. The molecule has 0 saturated carbocycles. The molecule has 4 nitrogen and oxygen atoms in total. The fraction of sp³-hybridized carbons (Fsp3) is 0.500. The number of nitrogens with two attached hydrogens (primary N) is 1. The Morgan fingerprint density at radius 3 is 2.79 bits per heavy atom. The van der Waals surface area contributed by atoms with E-state index in [0.717, 1.165) is 5.56 Å². The Morgan fingerprint density at radius 1 is 1.47 bits per heavy atom. The second-order valence-corrected chi connectivity index (χ2v) is 5.02. The molecule has 0 bridgehead atoms. The molecule has 1 saturated heterocycles. The van der Waals surface area contributed by atoms with E-state index in [1.807, 2.05) is 32.0 Å². The number of nitrogens with zero attached hydrogens (tertiary/aromatic N) is 1. The maximum absolute atomic E-state index is 11.8. The average molecular weight is 283 g/mol. The molecule has 2 N–H and O–H groups in total. The van der Waals surface area contributed by atoms with Gasteiger partial charge < -0.3 is 15.4 Å². The van der Waals surface area contributed by atoms with Crippen LogP contribution in [0.1, 0.15) is 31.9 Å². The number of carbonyl (C=O) groups excluding carboxylic acids is 1. The summed E-state index contributed by atoms with van der Waals surface area (Å²) in [4.78, 5) is 13.6. The van der Waals surface area contributed by atoms with Gasteiger partial charge in [-0.15, -0.1) is 0 Å². The molecule has 0 aromatic heterocycles. The van der Waals surface area contributed by atoms with Gasteiger partial charge in [-0.05, 0) is 31.5 Å².